The molecule has 0 heterocycles. The van der Waals surface area contributed by atoms with Gasteiger partial charge >= 0.3 is 0 Å². The first-order valence-corrected chi connectivity index (χ1v) is 6.97. The Morgan fingerprint density at radius 1 is 1.41 bits per heavy atom. The van der Waals surface area contributed by atoms with Crippen molar-refractivity contribution < 1.29 is 4.39 Å². The Labute approximate surface area is 107 Å². The molecule has 1 aromatic carbocycles. The monoisotopic (exact) mass is 253 g/mol. The minimum absolute atomic E-state index is 0.180. The second-order valence-corrected chi connectivity index (χ2v) is 5.03. The second kappa shape index (κ2) is 8.31. The molecular weight excluding hydrogens is 233 g/mol. The van der Waals surface area contributed by atoms with Crippen LogP contribution in [0, 0.1) is 5.82 Å². The van der Waals surface area contributed by atoms with E-state index in [4.69, 9.17) is 0 Å². The molecule has 0 amide bonds. The molecule has 0 aliphatic heterocycles. The summed E-state index contributed by atoms with van der Waals surface area (Å²) < 4.78 is 12.7. The SMILES string of the molecule is C=CCC(CSc1ccc(F)cc1)NCCC. The standard InChI is InChI=1S/C14H20FNS/c1-3-5-13(16-10-4-2)11-17-14-8-6-12(15)7-9-14/h3,6-9,13,16H,1,4-5,10-11H2,2H3. The lowest BCUT2D eigenvalue weighted by atomic mass is 10.2. The molecule has 0 spiro atoms. The maximum Gasteiger partial charge on any atom is 0.123 e. The largest absolute Gasteiger partial charge is 0.313 e. The summed E-state index contributed by atoms with van der Waals surface area (Å²) in [5.41, 5.74) is 0. The van der Waals surface area contributed by atoms with Crippen LogP contribution in [0.25, 0.3) is 0 Å². The summed E-state index contributed by atoms with van der Waals surface area (Å²) in [6.45, 7) is 6.96. The number of hydrogen-bond donors (Lipinski definition) is 1. The minimum Gasteiger partial charge on any atom is -0.313 e. The summed E-state index contributed by atoms with van der Waals surface area (Å²) in [7, 11) is 0. The first-order chi connectivity index (χ1) is 8.26. The molecule has 0 saturated heterocycles. The van der Waals surface area contributed by atoms with Gasteiger partial charge in [-0.3, -0.25) is 0 Å². The number of rotatable bonds is 8. The van der Waals surface area contributed by atoms with Crippen LogP contribution in [0.15, 0.2) is 41.8 Å². The zero-order valence-electron chi connectivity index (χ0n) is 10.3. The van der Waals surface area contributed by atoms with Crippen LogP contribution in [0.1, 0.15) is 19.8 Å². The van der Waals surface area contributed by atoms with Crippen LogP contribution in [0.3, 0.4) is 0 Å². The quantitative estimate of drug-likeness (QED) is 0.557. The number of hydrogen-bond acceptors (Lipinski definition) is 2. The van der Waals surface area contributed by atoms with Gasteiger partial charge in [0.15, 0.2) is 0 Å². The summed E-state index contributed by atoms with van der Waals surface area (Å²) in [6, 6.07) is 7.10. The summed E-state index contributed by atoms with van der Waals surface area (Å²) in [5, 5.41) is 3.49. The zero-order valence-corrected chi connectivity index (χ0v) is 11.1. The molecule has 0 aliphatic rings. The lowest BCUT2D eigenvalue weighted by Gasteiger charge is -2.16. The van der Waals surface area contributed by atoms with Crippen LogP contribution in [0.5, 0.6) is 0 Å². The average Bonchev–Trinajstić information content (AvgIpc) is 2.35. The maximum absolute atomic E-state index is 12.7. The summed E-state index contributed by atoms with van der Waals surface area (Å²) >= 11 is 1.75. The number of nitrogens with one attached hydrogen (secondary N) is 1. The molecule has 0 aromatic heterocycles. The highest BCUT2D eigenvalue weighted by atomic mass is 32.2. The smallest absolute Gasteiger partial charge is 0.123 e. The molecule has 1 N–H and O–H groups in total. The van der Waals surface area contributed by atoms with Crippen molar-refractivity contribution in [3.05, 3.63) is 42.7 Å². The summed E-state index contributed by atoms with van der Waals surface area (Å²) in [6.07, 6.45) is 4.04. The Hall–Kier alpha value is -0.800. The Balaban J connectivity index is 2.39. The van der Waals surface area contributed by atoms with Crippen LogP contribution in [0.4, 0.5) is 4.39 Å². The first-order valence-electron chi connectivity index (χ1n) is 5.99. The van der Waals surface area contributed by atoms with Crippen molar-refractivity contribution >= 4 is 11.8 Å². The van der Waals surface area contributed by atoms with Crippen molar-refractivity contribution in [1.82, 2.24) is 5.32 Å². The van der Waals surface area contributed by atoms with E-state index in [0.717, 1.165) is 30.0 Å². The van der Waals surface area contributed by atoms with Crippen molar-refractivity contribution in [3.63, 3.8) is 0 Å². The van der Waals surface area contributed by atoms with E-state index in [-0.39, 0.29) is 5.82 Å². The van der Waals surface area contributed by atoms with Crippen molar-refractivity contribution in [3.8, 4) is 0 Å². The van der Waals surface area contributed by atoms with Gasteiger partial charge in [-0.1, -0.05) is 13.0 Å². The van der Waals surface area contributed by atoms with Gasteiger partial charge < -0.3 is 5.32 Å². The van der Waals surface area contributed by atoms with Gasteiger partial charge in [0.05, 0.1) is 0 Å². The van der Waals surface area contributed by atoms with Gasteiger partial charge in [0.1, 0.15) is 5.82 Å². The lowest BCUT2D eigenvalue weighted by molar-refractivity contribution is 0.558. The third kappa shape index (κ3) is 5.89. The molecule has 1 atom stereocenters. The van der Waals surface area contributed by atoms with E-state index in [1.165, 1.54) is 12.1 Å². The van der Waals surface area contributed by atoms with Gasteiger partial charge in [-0.15, -0.1) is 18.3 Å². The van der Waals surface area contributed by atoms with Crippen LogP contribution in [-0.2, 0) is 0 Å². The predicted molar refractivity (Wildman–Crippen MR) is 74.0 cm³/mol. The van der Waals surface area contributed by atoms with Crippen LogP contribution >= 0.6 is 11.8 Å². The zero-order chi connectivity index (χ0) is 12.5. The lowest BCUT2D eigenvalue weighted by Crippen LogP contribution is -2.31. The van der Waals surface area contributed by atoms with Gasteiger partial charge in [0, 0.05) is 16.7 Å². The fourth-order valence-electron chi connectivity index (χ4n) is 1.49. The van der Waals surface area contributed by atoms with E-state index in [9.17, 15) is 4.39 Å². The van der Waals surface area contributed by atoms with Gasteiger partial charge in [-0.2, -0.15) is 0 Å². The van der Waals surface area contributed by atoms with Crippen molar-refractivity contribution in [2.75, 3.05) is 12.3 Å². The van der Waals surface area contributed by atoms with Gasteiger partial charge in [-0.25, -0.2) is 4.39 Å². The van der Waals surface area contributed by atoms with Gasteiger partial charge in [0.25, 0.3) is 0 Å². The molecule has 3 heteroatoms. The molecule has 0 radical (unpaired) electrons. The van der Waals surface area contributed by atoms with E-state index >= 15 is 0 Å². The third-order valence-electron chi connectivity index (χ3n) is 2.40. The maximum atomic E-state index is 12.7. The molecule has 0 fully saturated rings. The van der Waals surface area contributed by atoms with Crippen LogP contribution in [-0.4, -0.2) is 18.3 Å². The highest BCUT2D eigenvalue weighted by molar-refractivity contribution is 7.99. The first kappa shape index (κ1) is 14.3. The van der Waals surface area contributed by atoms with E-state index < -0.39 is 0 Å². The number of halogens is 1. The van der Waals surface area contributed by atoms with Crippen molar-refractivity contribution in [1.29, 1.82) is 0 Å². The van der Waals surface area contributed by atoms with Crippen LogP contribution in [0.2, 0.25) is 0 Å². The van der Waals surface area contributed by atoms with E-state index in [1.807, 2.05) is 18.2 Å². The molecule has 0 aliphatic carbocycles. The molecule has 1 nitrogen and oxygen atoms in total. The third-order valence-corrected chi connectivity index (χ3v) is 3.57. The summed E-state index contributed by atoms with van der Waals surface area (Å²) in [4.78, 5) is 1.11. The topological polar surface area (TPSA) is 12.0 Å². The molecule has 0 saturated carbocycles. The van der Waals surface area contributed by atoms with Crippen molar-refractivity contribution in [2.45, 2.75) is 30.7 Å². The fourth-order valence-corrected chi connectivity index (χ4v) is 2.46. The Morgan fingerprint density at radius 3 is 2.71 bits per heavy atom. The Bertz CT molecular complexity index is 323. The number of benzene rings is 1. The molecule has 0 bridgehead atoms. The number of thioether (sulfide) groups is 1. The summed E-state index contributed by atoms with van der Waals surface area (Å²) in [5.74, 6) is 0.804. The Morgan fingerprint density at radius 2 is 2.12 bits per heavy atom. The average molecular weight is 253 g/mol. The van der Waals surface area contributed by atoms with Crippen molar-refractivity contribution in [2.24, 2.45) is 0 Å². The van der Waals surface area contributed by atoms with Crippen LogP contribution < -0.4 is 5.32 Å². The molecule has 1 rings (SSSR count). The van der Waals surface area contributed by atoms with Gasteiger partial charge in [0.2, 0.25) is 0 Å². The van der Waals surface area contributed by atoms with Gasteiger partial charge in [-0.05, 0) is 43.7 Å². The second-order valence-electron chi connectivity index (χ2n) is 3.94. The minimum atomic E-state index is -0.180. The molecular formula is C14H20FNS. The highest BCUT2D eigenvalue weighted by Gasteiger charge is 2.06. The molecule has 17 heavy (non-hydrogen) atoms. The molecule has 1 aromatic rings. The molecule has 94 valence electrons. The highest BCUT2D eigenvalue weighted by Crippen LogP contribution is 2.19. The fraction of sp³-hybridized carbons (Fsp3) is 0.429. The normalized spacial score (nSPS) is 12.4. The predicted octanol–water partition coefficient (Wildman–Crippen LogP) is 3.86. The molecule has 1 unspecified atom stereocenters. The van der Waals surface area contributed by atoms with E-state index in [1.54, 1.807) is 11.8 Å². The van der Waals surface area contributed by atoms with E-state index in [2.05, 4.69) is 18.8 Å². The Kier molecular flexibility index (Phi) is 6.97. The van der Waals surface area contributed by atoms with E-state index in [0.29, 0.717) is 6.04 Å².